The predicted molar refractivity (Wildman–Crippen MR) is 77.8 cm³/mol. The molecule has 1 fully saturated rings. The maximum Gasteiger partial charge on any atom is 0.129 e. The van der Waals surface area contributed by atoms with Crippen LogP contribution < -0.4 is 0 Å². The number of benzene rings is 1. The Hall–Kier alpha value is -0.120. The molecule has 1 atom stereocenters. The van der Waals surface area contributed by atoms with E-state index >= 15 is 0 Å². The largest absolute Gasteiger partial charge is 0.299 e. The molecule has 0 amide bonds. The van der Waals surface area contributed by atoms with Crippen LogP contribution in [-0.2, 0) is 6.54 Å². The normalized spacial score (nSPS) is 20.0. The lowest BCUT2D eigenvalue weighted by molar-refractivity contribution is 0.176. The van der Waals surface area contributed by atoms with E-state index in [2.05, 4.69) is 27.8 Å². The summed E-state index contributed by atoms with van der Waals surface area (Å²) < 4.78 is 13.7. The van der Waals surface area contributed by atoms with Gasteiger partial charge >= 0.3 is 0 Å². The van der Waals surface area contributed by atoms with E-state index in [1.165, 1.54) is 18.9 Å². The van der Waals surface area contributed by atoms with Gasteiger partial charge in [-0.2, -0.15) is 0 Å². The first-order chi connectivity index (χ1) is 8.58. The molecule has 2 rings (SSSR count). The molecular formula is C14H18BrClFN. The molecule has 0 bridgehead atoms. The summed E-state index contributed by atoms with van der Waals surface area (Å²) >= 11 is 9.70. The molecule has 100 valence electrons. The van der Waals surface area contributed by atoms with Crippen molar-refractivity contribution in [2.24, 2.45) is 5.92 Å². The Morgan fingerprint density at radius 1 is 1.44 bits per heavy atom. The summed E-state index contributed by atoms with van der Waals surface area (Å²) in [6, 6.07) is 4.89. The summed E-state index contributed by atoms with van der Waals surface area (Å²) in [5.41, 5.74) is 0.629. The molecule has 0 spiro atoms. The van der Waals surface area contributed by atoms with Gasteiger partial charge in [-0.25, -0.2) is 4.39 Å². The Kier molecular flexibility index (Phi) is 5.05. The van der Waals surface area contributed by atoms with Crippen molar-refractivity contribution in [2.75, 3.05) is 13.1 Å². The summed E-state index contributed by atoms with van der Waals surface area (Å²) in [6.45, 7) is 4.86. The lowest BCUT2D eigenvalue weighted by Gasteiger charge is -2.33. The van der Waals surface area contributed by atoms with Gasteiger partial charge < -0.3 is 0 Å². The molecule has 1 aliphatic rings. The third-order valence-corrected chi connectivity index (χ3v) is 4.83. The van der Waals surface area contributed by atoms with E-state index in [-0.39, 0.29) is 5.82 Å². The molecule has 0 N–H and O–H groups in total. The summed E-state index contributed by atoms with van der Waals surface area (Å²) in [6.07, 6.45) is 2.33. The molecule has 0 saturated carbocycles. The number of alkyl halides is 1. The Morgan fingerprint density at radius 3 is 2.67 bits per heavy atom. The topological polar surface area (TPSA) is 3.24 Å². The van der Waals surface area contributed by atoms with Crippen molar-refractivity contribution in [2.45, 2.75) is 31.1 Å². The highest BCUT2D eigenvalue weighted by Crippen LogP contribution is 2.27. The van der Waals surface area contributed by atoms with Crippen LogP contribution >= 0.6 is 27.5 Å². The van der Waals surface area contributed by atoms with Crippen LogP contribution in [0.5, 0.6) is 0 Å². The zero-order chi connectivity index (χ0) is 13.1. The van der Waals surface area contributed by atoms with Gasteiger partial charge in [0.05, 0.1) is 0 Å². The first kappa shape index (κ1) is 14.3. The molecule has 1 unspecified atom stereocenters. The molecule has 1 heterocycles. The number of hydrogen-bond acceptors (Lipinski definition) is 1. The van der Waals surface area contributed by atoms with Crippen molar-refractivity contribution in [3.05, 3.63) is 34.6 Å². The van der Waals surface area contributed by atoms with Crippen LogP contribution in [-0.4, -0.2) is 22.8 Å². The third kappa shape index (κ3) is 3.46. The molecule has 0 aromatic heterocycles. The molecule has 18 heavy (non-hydrogen) atoms. The Labute approximate surface area is 121 Å². The van der Waals surface area contributed by atoms with E-state index in [0.717, 1.165) is 19.0 Å². The second kappa shape index (κ2) is 6.36. The van der Waals surface area contributed by atoms with Crippen molar-refractivity contribution >= 4 is 27.5 Å². The first-order valence-corrected chi connectivity index (χ1v) is 7.66. The lowest BCUT2D eigenvalue weighted by atomic mass is 9.94. The summed E-state index contributed by atoms with van der Waals surface area (Å²) in [4.78, 5) is 2.85. The molecular weight excluding hydrogens is 317 g/mol. The third-order valence-electron chi connectivity index (χ3n) is 3.73. The minimum absolute atomic E-state index is 0.196. The monoisotopic (exact) mass is 333 g/mol. The number of rotatable bonds is 3. The second-order valence-electron chi connectivity index (χ2n) is 4.99. The fourth-order valence-electron chi connectivity index (χ4n) is 2.48. The summed E-state index contributed by atoms with van der Waals surface area (Å²) in [5, 5.41) is 0.533. The van der Waals surface area contributed by atoms with Crippen LogP contribution in [0.15, 0.2) is 18.2 Å². The van der Waals surface area contributed by atoms with Gasteiger partial charge in [0.1, 0.15) is 5.82 Å². The van der Waals surface area contributed by atoms with Crippen LogP contribution in [0.25, 0.3) is 0 Å². The van der Waals surface area contributed by atoms with E-state index in [0.29, 0.717) is 22.0 Å². The van der Waals surface area contributed by atoms with E-state index < -0.39 is 0 Å². The Balaban J connectivity index is 1.96. The molecule has 0 aliphatic carbocycles. The lowest BCUT2D eigenvalue weighted by Crippen LogP contribution is -2.35. The Morgan fingerprint density at radius 2 is 2.11 bits per heavy atom. The van der Waals surface area contributed by atoms with Crippen molar-refractivity contribution < 1.29 is 4.39 Å². The fourth-order valence-corrected chi connectivity index (χ4v) is 3.23. The van der Waals surface area contributed by atoms with Crippen molar-refractivity contribution in [1.29, 1.82) is 0 Å². The minimum atomic E-state index is -0.196. The van der Waals surface area contributed by atoms with Gasteiger partial charge in [0.2, 0.25) is 0 Å². The maximum atomic E-state index is 13.7. The van der Waals surface area contributed by atoms with Gasteiger partial charge in [-0.15, -0.1) is 0 Å². The van der Waals surface area contributed by atoms with E-state index in [4.69, 9.17) is 11.6 Å². The average molecular weight is 335 g/mol. The van der Waals surface area contributed by atoms with Gasteiger partial charge in [0.25, 0.3) is 0 Å². The van der Waals surface area contributed by atoms with Gasteiger partial charge in [-0.05, 0) is 44.0 Å². The minimum Gasteiger partial charge on any atom is -0.299 e. The van der Waals surface area contributed by atoms with Crippen LogP contribution in [0.1, 0.15) is 25.3 Å². The van der Waals surface area contributed by atoms with E-state index in [9.17, 15) is 4.39 Å². The van der Waals surface area contributed by atoms with Crippen LogP contribution in [0.3, 0.4) is 0 Å². The highest BCUT2D eigenvalue weighted by Gasteiger charge is 2.23. The van der Waals surface area contributed by atoms with Crippen molar-refractivity contribution in [1.82, 2.24) is 4.90 Å². The highest BCUT2D eigenvalue weighted by atomic mass is 79.9. The van der Waals surface area contributed by atoms with Gasteiger partial charge in [-0.3, -0.25) is 4.90 Å². The quantitative estimate of drug-likeness (QED) is 0.737. The Bertz CT molecular complexity index is 383. The van der Waals surface area contributed by atoms with Crippen molar-refractivity contribution in [3.8, 4) is 0 Å². The number of piperidine rings is 1. The first-order valence-electron chi connectivity index (χ1n) is 6.37. The number of halogens is 3. The summed E-state index contributed by atoms with van der Waals surface area (Å²) in [7, 11) is 0. The molecule has 1 aliphatic heterocycles. The van der Waals surface area contributed by atoms with Crippen LogP contribution in [0.2, 0.25) is 5.02 Å². The average Bonchev–Trinajstić information content (AvgIpc) is 2.34. The molecule has 1 nitrogen and oxygen atoms in total. The second-order valence-corrected chi connectivity index (χ2v) is 6.84. The highest BCUT2D eigenvalue weighted by molar-refractivity contribution is 9.09. The molecule has 1 saturated heterocycles. The van der Waals surface area contributed by atoms with Crippen LogP contribution in [0.4, 0.5) is 4.39 Å². The zero-order valence-corrected chi connectivity index (χ0v) is 12.8. The van der Waals surface area contributed by atoms with Gasteiger partial charge in [0, 0.05) is 22.0 Å². The number of hydrogen-bond donors (Lipinski definition) is 0. The van der Waals surface area contributed by atoms with E-state index in [1.54, 1.807) is 12.1 Å². The number of nitrogens with zero attached hydrogens (tertiary/aromatic N) is 1. The van der Waals surface area contributed by atoms with Crippen molar-refractivity contribution in [3.63, 3.8) is 0 Å². The molecule has 0 radical (unpaired) electrons. The summed E-state index contributed by atoms with van der Waals surface area (Å²) in [5.74, 6) is 0.538. The van der Waals surface area contributed by atoms with Gasteiger partial charge in [-0.1, -0.05) is 40.5 Å². The molecule has 1 aromatic rings. The van der Waals surface area contributed by atoms with E-state index in [1.807, 2.05) is 0 Å². The molecule has 4 heteroatoms. The van der Waals surface area contributed by atoms with Gasteiger partial charge in [0.15, 0.2) is 0 Å². The standard InChI is InChI=1S/C14H18BrClFN/c1-10(15)11-5-7-18(8-6-11)9-12-13(16)3-2-4-14(12)17/h2-4,10-11H,5-9H2,1H3. The smallest absolute Gasteiger partial charge is 0.129 e. The SMILES string of the molecule is CC(Br)C1CCN(Cc2c(F)cccc2Cl)CC1. The zero-order valence-electron chi connectivity index (χ0n) is 10.5. The molecule has 1 aromatic carbocycles. The van der Waals surface area contributed by atoms with Crippen LogP contribution in [0, 0.1) is 11.7 Å². The fraction of sp³-hybridized carbons (Fsp3) is 0.571. The predicted octanol–water partition coefficient (Wildman–Crippen LogP) is 4.47. The maximum absolute atomic E-state index is 13.7. The number of likely N-dealkylation sites (tertiary alicyclic amines) is 1.